The third-order valence-electron chi connectivity index (χ3n) is 5.72. The molecule has 2 atom stereocenters. The van der Waals surface area contributed by atoms with Gasteiger partial charge in [-0.3, -0.25) is 9.78 Å². The van der Waals surface area contributed by atoms with E-state index in [-0.39, 0.29) is 17.9 Å². The molecule has 7 nitrogen and oxygen atoms in total. The number of rotatable bonds is 3. The summed E-state index contributed by atoms with van der Waals surface area (Å²) in [5, 5.41) is 4.92. The van der Waals surface area contributed by atoms with E-state index in [1.54, 1.807) is 0 Å². The molecular weight excluding hydrogens is 364 g/mol. The molecule has 3 N–H and O–H groups in total. The van der Waals surface area contributed by atoms with Crippen LogP contribution in [0.3, 0.4) is 0 Å². The number of nitrogens with zero attached hydrogens (tertiary/aromatic N) is 4. The molecule has 1 unspecified atom stereocenters. The van der Waals surface area contributed by atoms with Crippen LogP contribution >= 0.6 is 0 Å². The molecule has 1 aliphatic rings. The predicted octanol–water partition coefficient (Wildman–Crippen LogP) is 3.02. The Labute approximate surface area is 167 Å². The summed E-state index contributed by atoms with van der Waals surface area (Å²) < 4.78 is 2.14. The lowest BCUT2D eigenvalue weighted by Gasteiger charge is -2.17. The molecule has 0 fully saturated rings. The van der Waals surface area contributed by atoms with Crippen molar-refractivity contribution >= 4 is 33.7 Å². The molecule has 0 saturated carbocycles. The van der Waals surface area contributed by atoms with Crippen molar-refractivity contribution in [3.8, 4) is 11.1 Å². The summed E-state index contributed by atoms with van der Waals surface area (Å²) in [6.45, 7) is 6.28. The smallest absolute Gasteiger partial charge is 0.243 e. The number of amides is 1. The van der Waals surface area contributed by atoms with Crippen molar-refractivity contribution in [1.82, 2.24) is 24.8 Å². The number of pyridine rings is 1. The maximum absolute atomic E-state index is 11.9. The number of fused-ring (bicyclic) bond motifs is 4. The first-order chi connectivity index (χ1) is 14.1. The second-order valence-corrected chi connectivity index (χ2v) is 7.35. The largest absolute Gasteiger partial charge is 0.383 e. The van der Waals surface area contributed by atoms with Crippen LogP contribution in [0, 0.1) is 0 Å². The standard InChI is InChI=1S/C22H20N6O/c1-3-17(29)27-16-10-28-20(12(16)2)18(19-21(23)25-11-26-22(19)28)14-8-13-6-4-5-7-15(13)24-9-14/h3-9,11-12,16H,1,10H2,2H3,(H,27,29)(H2,23,25,26)/t12?,16-/m1/s1. The van der Waals surface area contributed by atoms with Crippen molar-refractivity contribution in [1.29, 1.82) is 0 Å². The molecule has 3 aromatic heterocycles. The zero-order chi connectivity index (χ0) is 20.1. The summed E-state index contributed by atoms with van der Waals surface area (Å²) in [5.74, 6) is 0.327. The third kappa shape index (κ3) is 2.58. The Morgan fingerprint density at radius 2 is 2.14 bits per heavy atom. The predicted molar refractivity (Wildman–Crippen MR) is 113 cm³/mol. The molecule has 29 heavy (non-hydrogen) atoms. The van der Waals surface area contributed by atoms with E-state index in [1.165, 1.54) is 12.4 Å². The van der Waals surface area contributed by atoms with Gasteiger partial charge >= 0.3 is 0 Å². The Balaban J connectivity index is 1.75. The zero-order valence-corrected chi connectivity index (χ0v) is 16.0. The van der Waals surface area contributed by atoms with Gasteiger partial charge in [-0.2, -0.15) is 0 Å². The molecule has 0 saturated heterocycles. The van der Waals surface area contributed by atoms with Crippen LogP contribution in [0.1, 0.15) is 18.5 Å². The SMILES string of the molecule is C=CC(=O)N[C@@H]1Cn2c(c(-c3cnc4ccccc4c3)c3c(N)ncnc32)C1C. The molecule has 144 valence electrons. The van der Waals surface area contributed by atoms with Gasteiger partial charge in [0.05, 0.1) is 16.9 Å². The fraction of sp³-hybridized carbons (Fsp3) is 0.182. The molecule has 0 bridgehead atoms. The van der Waals surface area contributed by atoms with Gasteiger partial charge in [0.2, 0.25) is 5.91 Å². The first-order valence-electron chi connectivity index (χ1n) is 9.49. The number of para-hydroxylation sites is 1. The van der Waals surface area contributed by atoms with Gasteiger partial charge in [0.25, 0.3) is 0 Å². The first-order valence-corrected chi connectivity index (χ1v) is 9.49. The summed E-state index contributed by atoms with van der Waals surface area (Å²) in [6.07, 6.45) is 4.65. The number of anilines is 1. The number of nitrogen functional groups attached to an aromatic ring is 1. The van der Waals surface area contributed by atoms with E-state index in [1.807, 2.05) is 30.5 Å². The first kappa shape index (κ1) is 17.4. The van der Waals surface area contributed by atoms with Crippen molar-refractivity contribution in [3.05, 3.63) is 61.2 Å². The lowest BCUT2D eigenvalue weighted by molar-refractivity contribution is -0.117. The van der Waals surface area contributed by atoms with Crippen LogP contribution in [0.25, 0.3) is 33.1 Å². The summed E-state index contributed by atoms with van der Waals surface area (Å²) in [5.41, 5.74) is 11.0. The summed E-state index contributed by atoms with van der Waals surface area (Å²) in [4.78, 5) is 25.3. The highest BCUT2D eigenvalue weighted by Crippen LogP contribution is 2.44. The molecule has 7 heteroatoms. The normalized spacial score (nSPS) is 18.1. The number of hydrogen-bond acceptors (Lipinski definition) is 5. The van der Waals surface area contributed by atoms with Gasteiger partial charge in [0.1, 0.15) is 17.8 Å². The Hall–Kier alpha value is -3.74. The van der Waals surface area contributed by atoms with Gasteiger partial charge in [0.15, 0.2) is 0 Å². The minimum Gasteiger partial charge on any atom is -0.383 e. The highest BCUT2D eigenvalue weighted by Gasteiger charge is 2.36. The number of nitrogens with one attached hydrogen (secondary N) is 1. The van der Waals surface area contributed by atoms with Crippen LogP contribution in [0.4, 0.5) is 5.82 Å². The Bertz CT molecular complexity index is 1290. The van der Waals surface area contributed by atoms with E-state index in [2.05, 4.69) is 44.4 Å². The second kappa shape index (κ2) is 6.41. The minimum atomic E-state index is -0.181. The third-order valence-corrected chi connectivity index (χ3v) is 5.72. The number of benzene rings is 1. The van der Waals surface area contributed by atoms with Crippen molar-refractivity contribution in [2.45, 2.75) is 25.4 Å². The van der Waals surface area contributed by atoms with Crippen molar-refractivity contribution < 1.29 is 4.79 Å². The monoisotopic (exact) mass is 384 g/mol. The van der Waals surface area contributed by atoms with E-state index < -0.39 is 0 Å². The van der Waals surface area contributed by atoms with Crippen molar-refractivity contribution in [2.24, 2.45) is 0 Å². The van der Waals surface area contributed by atoms with Crippen LogP contribution in [-0.4, -0.2) is 31.5 Å². The van der Waals surface area contributed by atoms with Gasteiger partial charge in [-0.25, -0.2) is 9.97 Å². The lowest BCUT2D eigenvalue weighted by Crippen LogP contribution is -2.36. The molecule has 1 amide bonds. The maximum atomic E-state index is 11.9. The number of nitrogens with two attached hydrogens (primary N) is 1. The molecule has 5 rings (SSSR count). The Morgan fingerprint density at radius 1 is 1.31 bits per heavy atom. The second-order valence-electron chi connectivity index (χ2n) is 7.35. The van der Waals surface area contributed by atoms with Gasteiger partial charge in [-0.05, 0) is 18.2 Å². The highest BCUT2D eigenvalue weighted by atomic mass is 16.1. The van der Waals surface area contributed by atoms with E-state index in [0.717, 1.165) is 38.8 Å². The number of carbonyl (C=O) groups excluding carboxylic acids is 1. The number of carbonyl (C=O) groups is 1. The fourth-order valence-electron chi connectivity index (χ4n) is 4.33. The number of hydrogen-bond donors (Lipinski definition) is 2. The van der Waals surface area contributed by atoms with Crippen molar-refractivity contribution in [3.63, 3.8) is 0 Å². The fourth-order valence-corrected chi connectivity index (χ4v) is 4.33. The molecular formula is C22H20N6O. The van der Waals surface area contributed by atoms with Gasteiger partial charge in [-0.15, -0.1) is 0 Å². The van der Waals surface area contributed by atoms with Crippen molar-refractivity contribution in [2.75, 3.05) is 5.73 Å². The van der Waals surface area contributed by atoms with Gasteiger partial charge in [0, 0.05) is 40.9 Å². The van der Waals surface area contributed by atoms with E-state index in [4.69, 9.17) is 5.73 Å². The molecule has 4 aromatic rings. The van der Waals surface area contributed by atoms with Crippen LogP contribution < -0.4 is 11.1 Å². The van der Waals surface area contributed by atoms with Crippen LogP contribution in [-0.2, 0) is 11.3 Å². The van der Waals surface area contributed by atoms with Crippen LogP contribution in [0.15, 0.2) is 55.5 Å². The van der Waals surface area contributed by atoms with E-state index in [0.29, 0.717) is 12.4 Å². The van der Waals surface area contributed by atoms with Crippen LogP contribution in [0.5, 0.6) is 0 Å². The van der Waals surface area contributed by atoms with Crippen LogP contribution in [0.2, 0.25) is 0 Å². The maximum Gasteiger partial charge on any atom is 0.243 e. The zero-order valence-electron chi connectivity index (χ0n) is 16.0. The molecule has 0 spiro atoms. The number of aromatic nitrogens is 4. The molecule has 0 radical (unpaired) electrons. The Morgan fingerprint density at radius 3 is 2.97 bits per heavy atom. The van der Waals surface area contributed by atoms with Gasteiger partial charge in [-0.1, -0.05) is 31.7 Å². The molecule has 4 heterocycles. The van der Waals surface area contributed by atoms with E-state index in [9.17, 15) is 4.79 Å². The van der Waals surface area contributed by atoms with E-state index >= 15 is 0 Å². The lowest BCUT2D eigenvalue weighted by atomic mass is 9.94. The van der Waals surface area contributed by atoms with Gasteiger partial charge < -0.3 is 15.6 Å². The quantitative estimate of drug-likeness (QED) is 0.529. The molecule has 1 aromatic carbocycles. The summed E-state index contributed by atoms with van der Waals surface area (Å²) in [6, 6.07) is 10.1. The highest BCUT2D eigenvalue weighted by molar-refractivity contribution is 6.04. The summed E-state index contributed by atoms with van der Waals surface area (Å²) >= 11 is 0. The molecule has 0 aliphatic carbocycles. The average Bonchev–Trinajstić information content (AvgIpc) is 3.23. The summed E-state index contributed by atoms with van der Waals surface area (Å²) in [7, 11) is 0. The average molecular weight is 384 g/mol. The Kier molecular flexibility index (Phi) is 3.84. The minimum absolute atomic E-state index is 0.0525. The molecule has 1 aliphatic heterocycles. The topological polar surface area (TPSA) is 98.7 Å².